The molecule has 1 N–H and O–H groups in total. The average Bonchev–Trinajstić information content (AvgIpc) is 3.12. The highest BCUT2D eigenvalue weighted by atomic mass is 35.5. The number of carbonyl (C=O) groups excluding carboxylic acids is 1. The van der Waals surface area contributed by atoms with Crippen LogP contribution in [0, 0.1) is 0 Å². The van der Waals surface area contributed by atoms with Crippen molar-refractivity contribution in [1.82, 2.24) is 4.98 Å². The number of amides is 1. The molecule has 0 bridgehead atoms. The van der Waals surface area contributed by atoms with Gasteiger partial charge in [0.2, 0.25) is 0 Å². The number of anilines is 1. The molecule has 1 unspecified atom stereocenters. The van der Waals surface area contributed by atoms with E-state index in [-0.39, 0.29) is 5.91 Å². The number of nitrogens with zero attached hydrogens (tertiary/aromatic N) is 1. The molecule has 1 amide bonds. The van der Waals surface area contributed by atoms with Gasteiger partial charge in [0, 0.05) is 33.2 Å². The smallest absolute Gasteiger partial charge is 0.257 e. The predicted molar refractivity (Wildman–Crippen MR) is 117 cm³/mol. The summed E-state index contributed by atoms with van der Waals surface area (Å²) in [6.07, 6.45) is 1.56. The summed E-state index contributed by atoms with van der Waals surface area (Å²) in [6, 6.07) is 20.3. The van der Waals surface area contributed by atoms with Crippen LogP contribution in [0.25, 0.3) is 20.8 Å². The van der Waals surface area contributed by atoms with E-state index in [1.54, 1.807) is 35.8 Å². The van der Waals surface area contributed by atoms with Gasteiger partial charge < -0.3 is 5.32 Å². The second-order valence-corrected chi connectivity index (χ2v) is 8.93. The number of nitrogens with one attached hydrogen (secondary N) is 1. The monoisotopic (exact) mass is 426 g/mol. The molecule has 0 aliphatic rings. The minimum absolute atomic E-state index is 0.291. The van der Waals surface area contributed by atoms with E-state index in [9.17, 15) is 9.00 Å². The number of fused-ring (bicyclic) bond motifs is 1. The lowest BCUT2D eigenvalue weighted by atomic mass is 10.1. The molecule has 0 radical (unpaired) electrons. The number of aromatic nitrogens is 1. The molecule has 4 aromatic rings. The average molecular weight is 427 g/mol. The molecule has 140 valence electrons. The third kappa shape index (κ3) is 3.85. The topological polar surface area (TPSA) is 59.1 Å². The molecule has 0 spiro atoms. The Morgan fingerprint density at radius 1 is 1.07 bits per heavy atom. The van der Waals surface area contributed by atoms with Gasteiger partial charge in [-0.05, 0) is 42.5 Å². The molecule has 0 saturated carbocycles. The third-order valence-corrected chi connectivity index (χ3v) is 6.51. The lowest BCUT2D eigenvalue weighted by Crippen LogP contribution is -2.13. The minimum Gasteiger partial charge on any atom is -0.322 e. The van der Waals surface area contributed by atoms with Gasteiger partial charge in [-0.1, -0.05) is 35.9 Å². The van der Waals surface area contributed by atoms with Crippen molar-refractivity contribution < 1.29 is 9.00 Å². The highest BCUT2D eigenvalue weighted by molar-refractivity contribution is 7.84. The van der Waals surface area contributed by atoms with Crippen LogP contribution in [-0.4, -0.2) is 21.4 Å². The molecule has 1 heterocycles. The van der Waals surface area contributed by atoms with Gasteiger partial charge in [0.1, 0.15) is 5.01 Å². The molecule has 4 rings (SSSR count). The summed E-state index contributed by atoms with van der Waals surface area (Å²) in [7, 11) is -1.19. The van der Waals surface area contributed by atoms with Gasteiger partial charge in [0.05, 0.1) is 20.8 Å². The van der Waals surface area contributed by atoms with Crippen LogP contribution in [0.5, 0.6) is 0 Å². The van der Waals surface area contributed by atoms with Crippen LogP contribution in [0.3, 0.4) is 0 Å². The van der Waals surface area contributed by atoms with Crippen LogP contribution in [0.4, 0.5) is 5.69 Å². The van der Waals surface area contributed by atoms with Crippen molar-refractivity contribution in [2.45, 2.75) is 4.90 Å². The molecule has 1 atom stereocenters. The molecule has 28 heavy (non-hydrogen) atoms. The van der Waals surface area contributed by atoms with Gasteiger partial charge in [-0.3, -0.25) is 9.00 Å². The van der Waals surface area contributed by atoms with Crippen molar-refractivity contribution in [3.63, 3.8) is 0 Å². The maximum Gasteiger partial charge on any atom is 0.257 e. The summed E-state index contributed by atoms with van der Waals surface area (Å²) in [6.45, 7) is 0. The Labute approximate surface area is 173 Å². The summed E-state index contributed by atoms with van der Waals surface area (Å²) in [4.78, 5) is 17.9. The number of para-hydroxylation sites is 1. The van der Waals surface area contributed by atoms with Gasteiger partial charge in [-0.15, -0.1) is 11.3 Å². The van der Waals surface area contributed by atoms with E-state index in [1.165, 1.54) is 0 Å². The van der Waals surface area contributed by atoms with Crippen molar-refractivity contribution in [2.24, 2.45) is 0 Å². The van der Waals surface area contributed by atoms with E-state index < -0.39 is 10.8 Å². The molecule has 1 aromatic heterocycles. The highest BCUT2D eigenvalue weighted by Crippen LogP contribution is 2.31. The van der Waals surface area contributed by atoms with Crippen molar-refractivity contribution in [3.05, 3.63) is 77.3 Å². The van der Waals surface area contributed by atoms with Crippen LogP contribution >= 0.6 is 22.9 Å². The van der Waals surface area contributed by atoms with E-state index in [4.69, 9.17) is 11.6 Å². The Morgan fingerprint density at radius 3 is 2.68 bits per heavy atom. The van der Waals surface area contributed by atoms with Crippen molar-refractivity contribution in [1.29, 1.82) is 0 Å². The molecule has 0 aliphatic heterocycles. The standard InChI is InChI=1S/C21H15ClN2O2S2/c1-28(26)15-9-10-17(22)16(12-15)20(25)23-14-6-4-5-13(11-14)21-24-18-7-2-3-8-19(18)27-21/h2-12H,1H3,(H,23,25). The molecular formula is C21H15ClN2O2S2. The Morgan fingerprint density at radius 2 is 1.89 bits per heavy atom. The quantitative estimate of drug-likeness (QED) is 0.461. The maximum absolute atomic E-state index is 12.7. The van der Waals surface area contributed by atoms with Crippen molar-refractivity contribution >= 4 is 55.5 Å². The number of hydrogen-bond donors (Lipinski definition) is 1. The van der Waals surface area contributed by atoms with E-state index in [1.807, 2.05) is 48.5 Å². The number of carbonyl (C=O) groups is 1. The van der Waals surface area contributed by atoms with E-state index in [0.717, 1.165) is 20.8 Å². The molecule has 4 nitrogen and oxygen atoms in total. The van der Waals surface area contributed by atoms with E-state index in [0.29, 0.717) is 21.2 Å². The summed E-state index contributed by atoms with van der Waals surface area (Å²) >= 11 is 7.77. The second kappa shape index (κ2) is 7.83. The van der Waals surface area contributed by atoms with Gasteiger partial charge in [-0.2, -0.15) is 0 Å². The van der Waals surface area contributed by atoms with Gasteiger partial charge in [-0.25, -0.2) is 4.98 Å². The van der Waals surface area contributed by atoms with Gasteiger partial charge >= 0.3 is 0 Å². The van der Waals surface area contributed by atoms with Crippen LogP contribution in [-0.2, 0) is 10.8 Å². The summed E-state index contributed by atoms with van der Waals surface area (Å²) in [5.74, 6) is -0.348. The number of thiazole rings is 1. The summed E-state index contributed by atoms with van der Waals surface area (Å²) in [5, 5.41) is 4.07. The first-order valence-corrected chi connectivity index (χ1v) is 11.2. The van der Waals surface area contributed by atoms with Crippen molar-refractivity contribution in [3.8, 4) is 10.6 Å². The molecule has 0 saturated heterocycles. The van der Waals surface area contributed by atoms with Crippen molar-refractivity contribution in [2.75, 3.05) is 11.6 Å². The van der Waals surface area contributed by atoms with Crippen LogP contribution in [0.15, 0.2) is 71.6 Å². The zero-order valence-corrected chi connectivity index (χ0v) is 17.2. The molecule has 3 aromatic carbocycles. The number of halogens is 1. The molecule has 0 aliphatic carbocycles. The first-order chi connectivity index (χ1) is 13.5. The zero-order chi connectivity index (χ0) is 19.7. The second-order valence-electron chi connectivity index (χ2n) is 6.12. The third-order valence-electron chi connectivity index (χ3n) is 4.18. The first kappa shape index (κ1) is 18.8. The fraction of sp³-hybridized carbons (Fsp3) is 0.0476. The SMILES string of the molecule is CS(=O)c1ccc(Cl)c(C(=O)Nc2cccc(-c3nc4ccccc4s3)c2)c1. The molecule has 7 heteroatoms. The van der Waals surface area contributed by atoms with Gasteiger partial charge in [0.25, 0.3) is 5.91 Å². The lowest BCUT2D eigenvalue weighted by Gasteiger charge is -2.09. The number of rotatable bonds is 4. The van der Waals surface area contributed by atoms with Gasteiger partial charge in [0.15, 0.2) is 0 Å². The highest BCUT2D eigenvalue weighted by Gasteiger charge is 2.14. The van der Waals surface area contributed by atoms with E-state index >= 15 is 0 Å². The molecule has 0 fully saturated rings. The predicted octanol–water partition coefficient (Wildman–Crippen LogP) is 5.61. The van der Waals surface area contributed by atoms with Crippen LogP contribution in [0.1, 0.15) is 10.4 Å². The largest absolute Gasteiger partial charge is 0.322 e. The minimum atomic E-state index is -1.19. The summed E-state index contributed by atoms with van der Waals surface area (Å²) in [5.41, 5.74) is 2.81. The van der Waals surface area contributed by atoms with Crippen LogP contribution in [0.2, 0.25) is 5.02 Å². The fourth-order valence-corrected chi connectivity index (χ4v) is 4.49. The van der Waals surface area contributed by atoms with Crippen LogP contribution < -0.4 is 5.32 Å². The number of hydrogen-bond acceptors (Lipinski definition) is 4. The van der Waals surface area contributed by atoms with E-state index in [2.05, 4.69) is 10.3 Å². The fourth-order valence-electron chi connectivity index (χ4n) is 2.78. The number of benzene rings is 3. The molecular weight excluding hydrogens is 412 g/mol. The Balaban J connectivity index is 1.62. The summed E-state index contributed by atoms with van der Waals surface area (Å²) < 4.78 is 12.8. The Kier molecular flexibility index (Phi) is 5.26. The Bertz CT molecular complexity index is 1190. The maximum atomic E-state index is 12.7. The Hall–Kier alpha value is -2.54. The zero-order valence-electron chi connectivity index (χ0n) is 14.8. The normalized spacial score (nSPS) is 12.1. The lowest BCUT2D eigenvalue weighted by molar-refractivity contribution is 0.102. The first-order valence-electron chi connectivity index (χ1n) is 8.41.